The van der Waals surface area contributed by atoms with Crippen molar-refractivity contribution in [3.63, 3.8) is 0 Å². The molecule has 1 heterocycles. The van der Waals surface area contributed by atoms with Crippen molar-refractivity contribution in [2.45, 2.75) is 26.4 Å². The molecule has 2 N–H and O–H groups in total. The quantitative estimate of drug-likeness (QED) is 0.776. The predicted octanol–water partition coefficient (Wildman–Crippen LogP) is 3.96. The van der Waals surface area contributed by atoms with E-state index in [1.165, 1.54) is 12.1 Å². The molecule has 0 amide bonds. The first kappa shape index (κ1) is 18.5. The van der Waals surface area contributed by atoms with Crippen LogP contribution in [0, 0.1) is 11.7 Å². The highest BCUT2D eigenvalue weighted by Crippen LogP contribution is 2.34. The number of ether oxygens (including phenoxy) is 2. The van der Waals surface area contributed by atoms with Crippen molar-refractivity contribution >= 4 is 17.3 Å². The van der Waals surface area contributed by atoms with Gasteiger partial charge in [-0.25, -0.2) is 4.39 Å². The van der Waals surface area contributed by atoms with Crippen LogP contribution in [0.25, 0.3) is 0 Å². The van der Waals surface area contributed by atoms with Gasteiger partial charge in [-0.2, -0.15) is 0 Å². The van der Waals surface area contributed by atoms with Crippen LogP contribution in [0.2, 0.25) is 0 Å². The molecule has 0 unspecified atom stereocenters. The van der Waals surface area contributed by atoms with Crippen molar-refractivity contribution in [1.29, 1.82) is 0 Å². The molecule has 0 bridgehead atoms. The first-order chi connectivity index (χ1) is 12.5. The van der Waals surface area contributed by atoms with Crippen molar-refractivity contribution in [2.75, 3.05) is 13.2 Å². The molecule has 3 rings (SSSR count). The Balaban J connectivity index is 1.64. The van der Waals surface area contributed by atoms with Crippen molar-refractivity contribution in [3.8, 4) is 11.5 Å². The minimum Gasteiger partial charge on any atom is -0.486 e. The predicted molar refractivity (Wildman–Crippen MR) is 104 cm³/mol. The average molecular weight is 374 g/mol. The summed E-state index contributed by atoms with van der Waals surface area (Å²) < 4.78 is 24.2. The Bertz CT molecular complexity index is 765. The van der Waals surface area contributed by atoms with E-state index in [9.17, 15) is 4.39 Å². The van der Waals surface area contributed by atoms with Crippen LogP contribution >= 0.6 is 12.2 Å². The van der Waals surface area contributed by atoms with Gasteiger partial charge in [0.05, 0.1) is 6.04 Å². The van der Waals surface area contributed by atoms with Crippen LogP contribution < -0.4 is 20.1 Å². The van der Waals surface area contributed by atoms with Gasteiger partial charge in [0.2, 0.25) is 0 Å². The molecule has 0 spiro atoms. The molecule has 1 aliphatic heterocycles. The monoisotopic (exact) mass is 374 g/mol. The van der Waals surface area contributed by atoms with Gasteiger partial charge in [0.25, 0.3) is 0 Å². The molecule has 138 valence electrons. The fourth-order valence-electron chi connectivity index (χ4n) is 2.87. The van der Waals surface area contributed by atoms with E-state index in [1.54, 1.807) is 12.1 Å². The second kappa shape index (κ2) is 8.36. The molecule has 26 heavy (non-hydrogen) atoms. The highest BCUT2D eigenvalue weighted by atomic mass is 32.1. The number of nitrogens with one attached hydrogen (secondary N) is 2. The summed E-state index contributed by atoms with van der Waals surface area (Å²) >= 11 is 5.44. The van der Waals surface area contributed by atoms with E-state index in [0.717, 1.165) is 22.6 Å². The Kier molecular flexibility index (Phi) is 5.93. The minimum atomic E-state index is -0.243. The molecule has 0 fully saturated rings. The molecular formula is C20H23FN2O2S. The molecule has 0 radical (unpaired) electrons. The number of hydrogen-bond acceptors (Lipinski definition) is 3. The van der Waals surface area contributed by atoms with E-state index in [1.807, 2.05) is 18.2 Å². The van der Waals surface area contributed by atoms with Crippen molar-refractivity contribution in [1.82, 2.24) is 10.6 Å². The third-order valence-electron chi connectivity index (χ3n) is 4.24. The second-order valence-corrected chi connectivity index (χ2v) is 6.99. The number of fused-ring (bicyclic) bond motifs is 1. The Morgan fingerprint density at radius 3 is 2.46 bits per heavy atom. The van der Waals surface area contributed by atoms with Crippen LogP contribution in [-0.4, -0.2) is 18.3 Å². The summed E-state index contributed by atoms with van der Waals surface area (Å²) in [5.41, 5.74) is 2.06. The molecular weight excluding hydrogens is 351 g/mol. The third-order valence-corrected chi connectivity index (χ3v) is 4.51. The molecule has 2 aromatic carbocycles. The summed E-state index contributed by atoms with van der Waals surface area (Å²) in [5.74, 6) is 1.63. The second-order valence-electron chi connectivity index (χ2n) is 6.58. The van der Waals surface area contributed by atoms with E-state index >= 15 is 0 Å². The number of benzene rings is 2. The van der Waals surface area contributed by atoms with Crippen molar-refractivity contribution in [2.24, 2.45) is 5.92 Å². The molecule has 0 aliphatic carbocycles. The van der Waals surface area contributed by atoms with E-state index in [0.29, 0.717) is 30.8 Å². The summed E-state index contributed by atoms with van der Waals surface area (Å²) in [6.07, 6.45) is 0. The lowest BCUT2D eigenvalue weighted by Crippen LogP contribution is -2.39. The topological polar surface area (TPSA) is 42.5 Å². The SMILES string of the molecule is CC(C)[C@H](NC(=S)NCc1ccc(F)cc1)c1ccc2c(c1)OCCO2. The van der Waals surface area contributed by atoms with Gasteiger partial charge in [-0.05, 0) is 53.5 Å². The zero-order chi connectivity index (χ0) is 18.5. The smallest absolute Gasteiger partial charge is 0.167 e. The van der Waals surface area contributed by atoms with Crippen molar-refractivity contribution in [3.05, 3.63) is 59.4 Å². The summed E-state index contributed by atoms with van der Waals surface area (Å²) in [6, 6.07) is 12.4. The van der Waals surface area contributed by atoms with Gasteiger partial charge in [0, 0.05) is 6.54 Å². The van der Waals surface area contributed by atoms with E-state index < -0.39 is 0 Å². The van der Waals surface area contributed by atoms with E-state index in [4.69, 9.17) is 21.7 Å². The Morgan fingerprint density at radius 1 is 1.08 bits per heavy atom. The highest BCUT2D eigenvalue weighted by Gasteiger charge is 2.20. The lowest BCUT2D eigenvalue weighted by atomic mass is 9.95. The lowest BCUT2D eigenvalue weighted by molar-refractivity contribution is 0.171. The zero-order valence-corrected chi connectivity index (χ0v) is 15.7. The van der Waals surface area contributed by atoms with Gasteiger partial charge in [0.1, 0.15) is 19.0 Å². The third kappa shape index (κ3) is 4.64. The Hall–Kier alpha value is -2.34. The van der Waals surface area contributed by atoms with Gasteiger partial charge in [-0.1, -0.05) is 32.0 Å². The number of halogens is 1. The highest BCUT2D eigenvalue weighted by molar-refractivity contribution is 7.80. The van der Waals surface area contributed by atoms with E-state index in [-0.39, 0.29) is 11.9 Å². The standard InChI is InChI=1S/C20H23FN2O2S/c1-13(2)19(15-5-8-17-18(11-15)25-10-9-24-17)23-20(26)22-12-14-3-6-16(21)7-4-14/h3-8,11,13,19H,9-10,12H2,1-2H3,(H2,22,23,26)/t19-/m0/s1. The maximum Gasteiger partial charge on any atom is 0.167 e. The van der Waals surface area contributed by atoms with Gasteiger partial charge >= 0.3 is 0 Å². The van der Waals surface area contributed by atoms with Crippen LogP contribution in [0.15, 0.2) is 42.5 Å². The molecule has 0 saturated carbocycles. The normalized spacial score (nSPS) is 14.0. The molecule has 0 aromatic heterocycles. The average Bonchev–Trinajstić information content (AvgIpc) is 2.65. The van der Waals surface area contributed by atoms with E-state index in [2.05, 4.69) is 24.5 Å². The van der Waals surface area contributed by atoms with Crippen molar-refractivity contribution < 1.29 is 13.9 Å². The summed E-state index contributed by atoms with van der Waals surface area (Å²) in [4.78, 5) is 0. The Morgan fingerprint density at radius 2 is 1.77 bits per heavy atom. The zero-order valence-electron chi connectivity index (χ0n) is 14.9. The molecule has 1 aliphatic rings. The summed E-state index contributed by atoms with van der Waals surface area (Å²) in [7, 11) is 0. The largest absolute Gasteiger partial charge is 0.486 e. The molecule has 0 saturated heterocycles. The van der Waals surface area contributed by atoms with Gasteiger partial charge < -0.3 is 20.1 Å². The summed E-state index contributed by atoms with van der Waals surface area (Å²) in [6.45, 7) is 5.95. The molecule has 4 nitrogen and oxygen atoms in total. The lowest BCUT2D eigenvalue weighted by Gasteiger charge is -2.26. The summed E-state index contributed by atoms with van der Waals surface area (Å²) in [5, 5.41) is 7.11. The molecule has 6 heteroatoms. The number of thiocarbonyl (C=S) groups is 1. The Labute approximate surface area is 158 Å². The maximum atomic E-state index is 13.0. The van der Waals surface area contributed by atoms with Crippen LogP contribution in [0.5, 0.6) is 11.5 Å². The van der Waals surface area contributed by atoms with Gasteiger partial charge in [0.15, 0.2) is 16.6 Å². The first-order valence-corrected chi connectivity index (χ1v) is 9.12. The maximum absolute atomic E-state index is 13.0. The van der Waals surface area contributed by atoms with Crippen LogP contribution in [-0.2, 0) is 6.54 Å². The van der Waals surface area contributed by atoms with Gasteiger partial charge in [-0.15, -0.1) is 0 Å². The van der Waals surface area contributed by atoms with Crippen LogP contribution in [0.4, 0.5) is 4.39 Å². The molecule has 2 aromatic rings. The number of rotatable bonds is 5. The number of hydrogen-bond donors (Lipinski definition) is 2. The fourth-order valence-corrected chi connectivity index (χ4v) is 3.06. The minimum absolute atomic E-state index is 0.0408. The van der Waals surface area contributed by atoms with Gasteiger partial charge in [-0.3, -0.25) is 0 Å². The van der Waals surface area contributed by atoms with Crippen LogP contribution in [0.3, 0.4) is 0 Å². The van der Waals surface area contributed by atoms with Crippen LogP contribution in [0.1, 0.15) is 31.0 Å². The fraction of sp³-hybridized carbons (Fsp3) is 0.350. The first-order valence-electron chi connectivity index (χ1n) is 8.71. The molecule has 1 atom stereocenters.